The molecule has 0 fully saturated rings. The number of nitrogens with two attached hydrogens (primary N) is 1. The molecule has 1 aromatic carbocycles. The van der Waals surface area contributed by atoms with Gasteiger partial charge in [-0.1, -0.05) is 46.1 Å². The van der Waals surface area contributed by atoms with Gasteiger partial charge in [0.1, 0.15) is 0 Å². The largest absolute Gasteiger partial charge is 0.271 e. The van der Waals surface area contributed by atoms with Gasteiger partial charge in [-0.15, -0.1) is 0 Å². The molecule has 1 aromatic heterocycles. The van der Waals surface area contributed by atoms with Crippen molar-refractivity contribution in [3.63, 3.8) is 0 Å². The fraction of sp³-hybridized carbons (Fsp3) is 0.308. The zero-order valence-corrected chi connectivity index (χ0v) is 14.0. The summed E-state index contributed by atoms with van der Waals surface area (Å²) in [4.78, 5) is 0. The van der Waals surface area contributed by atoms with Gasteiger partial charge in [-0.2, -0.15) is 5.10 Å². The zero-order chi connectivity index (χ0) is 14.7. The number of hydrogen-bond donors (Lipinski definition) is 2. The van der Waals surface area contributed by atoms with Crippen molar-refractivity contribution in [1.82, 2.24) is 15.2 Å². The van der Waals surface area contributed by atoms with Crippen molar-refractivity contribution in [1.29, 1.82) is 0 Å². The van der Waals surface area contributed by atoms with Crippen LogP contribution in [0.3, 0.4) is 0 Å². The molecule has 2 rings (SSSR count). The van der Waals surface area contributed by atoms with Crippen LogP contribution in [0.25, 0.3) is 0 Å². The molecule has 0 aliphatic rings. The van der Waals surface area contributed by atoms with Gasteiger partial charge in [0, 0.05) is 16.0 Å². The fourth-order valence-corrected chi connectivity index (χ4v) is 2.96. The van der Waals surface area contributed by atoms with Crippen LogP contribution in [0.4, 0.5) is 0 Å². The van der Waals surface area contributed by atoms with E-state index in [9.17, 15) is 0 Å². The lowest BCUT2D eigenvalue weighted by molar-refractivity contribution is 0.521. The Morgan fingerprint density at radius 3 is 2.80 bits per heavy atom. The molecule has 1 heterocycles. The lowest BCUT2D eigenvalue weighted by atomic mass is 10.0. The average Bonchev–Trinajstić information content (AvgIpc) is 2.77. The van der Waals surface area contributed by atoms with Crippen molar-refractivity contribution in [2.45, 2.75) is 25.9 Å². The standard InChI is InChI=1S/C13H15BrCl2N4/c1-2-5-20-13(11(16)7-18-20)12(19-17)9-6-8(14)3-4-10(9)15/h3-4,6-7,12,19H,2,5,17H2,1H3. The normalized spacial score (nSPS) is 12.7. The third kappa shape index (κ3) is 3.18. The van der Waals surface area contributed by atoms with Crippen LogP contribution in [0.1, 0.15) is 30.6 Å². The minimum absolute atomic E-state index is 0.318. The summed E-state index contributed by atoms with van der Waals surface area (Å²) in [7, 11) is 0. The van der Waals surface area contributed by atoms with Crippen molar-refractivity contribution in [3.8, 4) is 0 Å². The third-order valence-corrected chi connectivity index (χ3v) is 4.11. The number of nitrogens with zero attached hydrogens (tertiary/aromatic N) is 2. The first-order valence-corrected chi connectivity index (χ1v) is 7.75. The monoisotopic (exact) mass is 376 g/mol. The molecule has 2 aromatic rings. The van der Waals surface area contributed by atoms with Gasteiger partial charge in [0.2, 0.25) is 0 Å². The molecular formula is C13H15BrCl2N4. The molecule has 0 aliphatic carbocycles. The third-order valence-electron chi connectivity index (χ3n) is 2.98. The molecule has 1 unspecified atom stereocenters. The first-order chi connectivity index (χ1) is 9.58. The Kier molecular flexibility index (Phi) is 5.46. The Hall–Kier alpha value is -0.590. The predicted octanol–water partition coefficient (Wildman–Crippen LogP) is 3.92. The van der Waals surface area contributed by atoms with E-state index in [-0.39, 0.29) is 6.04 Å². The van der Waals surface area contributed by atoms with Crippen molar-refractivity contribution < 1.29 is 0 Å². The Labute approximate surface area is 136 Å². The average molecular weight is 378 g/mol. The lowest BCUT2D eigenvalue weighted by Crippen LogP contribution is -2.31. The number of rotatable bonds is 5. The number of nitrogens with one attached hydrogen (secondary N) is 1. The maximum Gasteiger partial charge on any atom is 0.0908 e. The SMILES string of the molecule is CCCn1ncc(Cl)c1C(NN)c1cc(Br)ccc1Cl. The first-order valence-electron chi connectivity index (χ1n) is 6.20. The summed E-state index contributed by atoms with van der Waals surface area (Å²) in [6, 6.07) is 5.30. The van der Waals surface area contributed by atoms with Gasteiger partial charge >= 0.3 is 0 Å². The van der Waals surface area contributed by atoms with E-state index in [1.165, 1.54) is 0 Å². The van der Waals surface area contributed by atoms with Gasteiger partial charge in [-0.25, -0.2) is 5.43 Å². The van der Waals surface area contributed by atoms with E-state index in [1.54, 1.807) is 6.20 Å². The maximum atomic E-state index is 6.28. The Balaban J connectivity index is 2.52. The van der Waals surface area contributed by atoms with Crippen LogP contribution in [0.15, 0.2) is 28.9 Å². The molecule has 4 nitrogen and oxygen atoms in total. The summed E-state index contributed by atoms with van der Waals surface area (Å²) >= 11 is 16.0. The molecule has 0 bridgehead atoms. The molecule has 108 valence electrons. The van der Waals surface area contributed by atoms with E-state index in [2.05, 4.69) is 33.4 Å². The number of benzene rings is 1. The first kappa shape index (κ1) is 15.8. The summed E-state index contributed by atoms with van der Waals surface area (Å²) < 4.78 is 2.78. The van der Waals surface area contributed by atoms with E-state index in [0.29, 0.717) is 10.0 Å². The van der Waals surface area contributed by atoms with E-state index in [4.69, 9.17) is 29.0 Å². The van der Waals surface area contributed by atoms with Gasteiger partial charge in [0.05, 0.1) is 23.0 Å². The number of aryl methyl sites for hydroxylation is 1. The van der Waals surface area contributed by atoms with Gasteiger partial charge in [0.25, 0.3) is 0 Å². The van der Waals surface area contributed by atoms with Crippen LogP contribution in [0, 0.1) is 0 Å². The minimum atomic E-state index is -0.318. The number of hydrogen-bond acceptors (Lipinski definition) is 3. The molecule has 0 saturated carbocycles. The number of hydrazine groups is 1. The molecule has 0 spiro atoms. The van der Waals surface area contributed by atoms with Crippen LogP contribution in [-0.4, -0.2) is 9.78 Å². The van der Waals surface area contributed by atoms with Crippen LogP contribution >= 0.6 is 39.1 Å². The highest BCUT2D eigenvalue weighted by Gasteiger charge is 2.23. The fourth-order valence-electron chi connectivity index (χ4n) is 2.10. The molecule has 0 aliphatic heterocycles. The summed E-state index contributed by atoms with van der Waals surface area (Å²) in [5, 5.41) is 5.48. The second-order valence-corrected chi connectivity index (χ2v) is 6.10. The van der Waals surface area contributed by atoms with Crippen molar-refractivity contribution in [3.05, 3.63) is 50.2 Å². The van der Waals surface area contributed by atoms with Crippen LogP contribution in [-0.2, 0) is 6.54 Å². The summed E-state index contributed by atoms with van der Waals surface area (Å²) in [6.45, 7) is 2.85. The topological polar surface area (TPSA) is 55.9 Å². The molecule has 0 amide bonds. The van der Waals surface area contributed by atoms with E-state index >= 15 is 0 Å². The number of aromatic nitrogens is 2. The summed E-state index contributed by atoms with van der Waals surface area (Å²) in [6.07, 6.45) is 2.58. The summed E-state index contributed by atoms with van der Waals surface area (Å²) in [5.74, 6) is 5.73. The van der Waals surface area contributed by atoms with E-state index < -0.39 is 0 Å². The molecular weight excluding hydrogens is 363 g/mol. The van der Waals surface area contributed by atoms with Gasteiger partial charge in [0.15, 0.2) is 0 Å². The smallest absolute Gasteiger partial charge is 0.0908 e. The molecule has 3 N–H and O–H groups in total. The lowest BCUT2D eigenvalue weighted by Gasteiger charge is -2.20. The van der Waals surface area contributed by atoms with Crippen molar-refractivity contribution in [2.24, 2.45) is 5.84 Å². The van der Waals surface area contributed by atoms with E-state index in [1.807, 2.05) is 22.9 Å². The maximum absolute atomic E-state index is 6.28. The Bertz CT molecular complexity index is 600. The minimum Gasteiger partial charge on any atom is -0.271 e. The molecule has 0 radical (unpaired) electrons. The van der Waals surface area contributed by atoms with Crippen LogP contribution in [0.5, 0.6) is 0 Å². The van der Waals surface area contributed by atoms with Crippen molar-refractivity contribution in [2.75, 3.05) is 0 Å². The Morgan fingerprint density at radius 1 is 1.40 bits per heavy atom. The summed E-state index contributed by atoms with van der Waals surface area (Å²) in [5.41, 5.74) is 4.44. The second-order valence-electron chi connectivity index (χ2n) is 4.37. The van der Waals surface area contributed by atoms with Gasteiger partial charge in [-0.05, 0) is 30.2 Å². The van der Waals surface area contributed by atoms with Crippen LogP contribution < -0.4 is 11.3 Å². The quantitative estimate of drug-likeness (QED) is 0.613. The molecule has 7 heteroatoms. The highest BCUT2D eigenvalue weighted by Crippen LogP contribution is 2.33. The van der Waals surface area contributed by atoms with Gasteiger partial charge < -0.3 is 0 Å². The zero-order valence-electron chi connectivity index (χ0n) is 10.9. The highest BCUT2D eigenvalue weighted by molar-refractivity contribution is 9.10. The van der Waals surface area contributed by atoms with E-state index in [0.717, 1.165) is 28.7 Å². The predicted molar refractivity (Wildman–Crippen MR) is 85.8 cm³/mol. The molecule has 20 heavy (non-hydrogen) atoms. The molecule has 1 atom stereocenters. The Morgan fingerprint density at radius 2 is 2.15 bits per heavy atom. The van der Waals surface area contributed by atoms with Crippen molar-refractivity contribution >= 4 is 39.1 Å². The second kappa shape index (κ2) is 6.91. The number of halogens is 3. The highest BCUT2D eigenvalue weighted by atomic mass is 79.9. The molecule has 0 saturated heterocycles. The van der Waals surface area contributed by atoms with Gasteiger partial charge in [-0.3, -0.25) is 10.5 Å². The van der Waals surface area contributed by atoms with Crippen LogP contribution in [0.2, 0.25) is 10.0 Å².